The lowest BCUT2D eigenvalue weighted by Gasteiger charge is -2.31. The monoisotopic (exact) mass is 880 g/mol. The average Bonchev–Trinajstić information content (AvgIpc) is 3.79. The van der Waals surface area contributed by atoms with E-state index in [0.717, 1.165) is 50.0 Å². The van der Waals surface area contributed by atoms with Gasteiger partial charge in [-0.05, 0) is 62.3 Å². The van der Waals surface area contributed by atoms with Crippen LogP contribution in [0.25, 0.3) is 0 Å². The van der Waals surface area contributed by atoms with Crippen LogP contribution < -0.4 is 21.7 Å². The van der Waals surface area contributed by atoms with Gasteiger partial charge in [0.25, 0.3) is 0 Å². The number of nitrogens with zero attached hydrogens (tertiary/aromatic N) is 8. The van der Waals surface area contributed by atoms with Gasteiger partial charge < -0.3 is 46.3 Å². The molecule has 7 N–H and O–H groups in total. The number of aliphatic hydroxyl groups excluding tert-OH is 2. The highest BCUT2D eigenvalue weighted by molar-refractivity contribution is 6.62. The van der Waals surface area contributed by atoms with E-state index in [2.05, 4.69) is 48.0 Å². The number of nitrogens with one attached hydrogen (secondary N) is 3. The summed E-state index contributed by atoms with van der Waals surface area (Å²) in [6.07, 6.45) is 6.80. The van der Waals surface area contributed by atoms with E-state index in [4.69, 9.17) is 31.9 Å². The van der Waals surface area contributed by atoms with Crippen LogP contribution in [0.5, 0.6) is 0 Å². The standard InChI is InChI=1S/C22H26N6O3.C14H16ClN5O2.C8H11NO/c1-22(14-23)17-11-24-20(25-16-7-9-31-10-8-16)26-18(17)12-28(22)21(30)27-19(13-29)15-5-3-2-4-6-15;1-14(8-16)10-6-17-13(18-9-2-4-22-5-3-9)19-11(10)7-20(14)12(15)21;9-8(6-10)7-4-2-1-3-5-7/h2-6,11,16,19,29H,7-10,12-13H2,1H3,(H,27,30)(H,24,25,26);6,9H,2-5,7H2,1H3,(H,17,18,19);1-5,8,10H,6,9H2/t19-,22?;;8-/m1.1/s1. The molecule has 6 heterocycles. The molecule has 4 atom stereocenters. The van der Waals surface area contributed by atoms with Gasteiger partial charge in [0, 0.05) is 62.0 Å². The maximum Gasteiger partial charge on any atom is 0.319 e. The van der Waals surface area contributed by atoms with Crippen LogP contribution in [0.2, 0.25) is 0 Å². The average molecular weight is 881 g/mol. The molecule has 0 aliphatic carbocycles. The van der Waals surface area contributed by atoms with Gasteiger partial charge >= 0.3 is 11.4 Å². The Kier molecular flexibility index (Phi) is 15.8. The maximum absolute atomic E-state index is 13.1. The summed E-state index contributed by atoms with van der Waals surface area (Å²) in [5.41, 5.74) is 7.53. The Morgan fingerprint density at radius 3 is 1.65 bits per heavy atom. The second-order valence-electron chi connectivity index (χ2n) is 15.8. The van der Waals surface area contributed by atoms with Crippen molar-refractivity contribution >= 4 is 34.9 Å². The molecular formula is C44H53ClN12O6. The molecule has 8 rings (SSSR count). The van der Waals surface area contributed by atoms with Crippen molar-refractivity contribution in [1.82, 2.24) is 35.1 Å². The molecule has 18 nitrogen and oxygen atoms in total. The smallest absolute Gasteiger partial charge is 0.319 e. The predicted molar refractivity (Wildman–Crippen MR) is 233 cm³/mol. The summed E-state index contributed by atoms with van der Waals surface area (Å²) in [6, 6.07) is 22.4. The fourth-order valence-corrected chi connectivity index (χ4v) is 7.92. The zero-order valence-corrected chi connectivity index (χ0v) is 36.0. The van der Waals surface area contributed by atoms with E-state index in [9.17, 15) is 25.2 Å². The number of nitriles is 2. The van der Waals surface area contributed by atoms with Gasteiger partial charge in [-0.25, -0.2) is 24.7 Å². The van der Waals surface area contributed by atoms with Crippen LogP contribution in [-0.2, 0) is 33.6 Å². The van der Waals surface area contributed by atoms with Gasteiger partial charge in [0.1, 0.15) is 0 Å². The SMILES string of the molecule is CC1(C#N)c2cnc(NC3CCOCC3)nc2CN1C(=O)Cl.CC1(C#N)c2cnc(NC3CCOCC3)nc2CN1C(=O)N[C@H](CO)c1ccccc1.N[C@H](CO)c1ccccc1. The number of rotatable bonds is 9. The molecule has 0 radical (unpaired) electrons. The van der Waals surface area contributed by atoms with Crippen molar-refractivity contribution in [3.63, 3.8) is 0 Å². The summed E-state index contributed by atoms with van der Waals surface area (Å²) in [5, 5.41) is 46.6. The number of hydrogen-bond acceptors (Lipinski definition) is 15. The molecule has 2 aromatic heterocycles. The third kappa shape index (κ3) is 11.0. The molecule has 19 heteroatoms. The lowest BCUT2D eigenvalue weighted by molar-refractivity contribution is 0.0902. The first-order valence-corrected chi connectivity index (χ1v) is 21.2. The first-order chi connectivity index (χ1) is 30.4. The van der Waals surface area contributed by atoms with E-state index < -0.39 is 28.5 Å². The van der Waals surface area contributed by atoms with Gasteiger partial charge in [0.2, 0.25) is 11.9 Å². The molecule has 3 amide bonds. The van der Waals surface area contributed by atoms with Crippen LogP contribution in [0.3, 0.4) is 0 Å². The van der Waals surface area contributed by atoms with Gasteiger partial charge in [0.15, 0.2) is 11.1 Å². The van der Waals surface area contributed by atoms with Gasteiger partial charge in [-0.3, -0.25) is 9.69 Å². The Hall–Kier alpha value is -5.99. The van der Waals surface area contributed by atoms with Crippen molar-refractivity contribution < 1.29 is 29.3 Å². The first-order valence-electron chi connectivity index (χ1n) is 20.8. The predicted octanol–water partition coefficient (Wildman–Crippen LogP) is 4.72. The normalized spacial score (nSPS) is 21.4. The summed E-state index contributed by atoms with van der Waals surface area (Å²) < 4.78 is 10.7. The highest BCUT2D eigenvalue weighted by Crippen LogP contribution is 2.40. The van der Waals surface area contributed by atoms with E-state index in [1.54, 1.807) is 26.2 Å². The van der Waals surface area contributed by atoms with E-state index >= 15 is 0 Å². The second-order valence-corrected chi connectivity index (χ2v) is 16.1. The molecule has 2 fully saturated rings. The Balaban J connectivity index is 0.000000178. The van der Waals surface area contributed by atoms with E-state index in [0.29, 0.717) is 47.6 Å². The molecule has 63 heavy (non-hydrogen) atoms. The third-order valence-electron chi connectivity index (χ3n) is 11.6. The van der Waals surface area contributed by atoms with Crippen molar-refractivity contribution in [3.05, 3.63) is 107 Å². The maximum atomic E-state index is 13.1. The molecule has 4 aliphatic rings. The lowest BCUT2D eigenvalue weighted by Crippen LogP contribution is -2.48. The number of anilines is 2. The zero-order valence-electron chi connectivity index (χ0n) is 35.3. The van der Waals surface area contributed by atoms with Crippen LogP contribution in [0.15, 0.2) is 73.1 Å². The van der Waals surface area contributed by atoms with Crippen molar-refractivity contribution in [3.8, 4) is 12.1 Å². The number of ether oxygens (including phenoxy) is 2. The van der Waals surface area contributed by atoms with Gasteiger partial charge in [-0.2, -0.15) is 10.5 Å². The molecule has 2 saturated heterocycles. The minimum atomic E-state index is -1.20. The molecule has 4 aromatic rings. The largest absolute Gasteiger partial charge is 0.394 e. The zero-order chi connectivity index (χ0) is 45.0. The minimum absolute atomic E-state index is 0.00398. The fraction of sp³-hybridized carbons (Fsp3) is 0.455. The fourth-order valence-electron chi connectivity index (χ4n) is 7.69. The summed E-state index contributed by atoms with van der Waals surface area (Å²) in [6.45, 7) is 6.34. The molecule has 0 bridgehead atoms. The Morgan fingerprint density at radius 2 is 1.22 bits per heavy atom. The number of benzene rings is 2. The molecule has 332 valence electrons. The first kappa shape index (κ1) is 46.5. The number of hydrogen-bond donors (Lipinski definition) is 6. The van der Waals surface area contributed by atoms with Crippen molar-refractivity contribution in [2.75, 3.05) is 50.3 Å². The lowest BCUT2D eigenvalue weighted by atomic mass is 9.96. The molecule has 4 aliphatic heterocycles. The molecule has 2 unspecified atom stereocenters. The number of fused-ring (bicyclic) bond motifs is 2. The number of halogens is 1. The highest BCUT2D eigenvalue weighted by Gasteiger charge is 2.47. The summed E-state index contributed by atoms with van der Waals surface area (Å²) in [5.74, 6) is 1.00. The number of amides is 3. The van der Waals surface area contributed by atoms with Gasteiger partial charge in [-0.1, -0.05) is 60.7 Å². The van der Waals surface area contributed by atoms with Crippen LogP contribution in [0, 0.1) is 22.7 Å². The van der Waals surface area contributed by atoms with Crippen LogP contribution in [0.1, 0.15) is 85.3 Å². The highest BCUT2D eigenvalue weighted by atomic mass is 35.5. The van der Waals surface area contributed by atoms with E-state index in [-0.39, 0.29) is 44.4 Å². The number of carbonyl (C=O) groups excluding carboxylic acids is 2. The minimum Gasteiger partial charge on any atom is -0.394 e. The van der Waals surface area contributed by atoms with E-state index in [1.807, 2.05) is 60.7 Å². The Bertz CT molecular complexity index is 2250. The van der Waals surface area contributed by atoms with Crippen molar-refractivity contribution in [1.29, 1.82) is 10.5 Å². The van der Waals surface area contributed by atoms with Crippen LogP contribution in [0.4, 0.5) is 21.5 Å². The molecule has 2 aromatic carbocycles. The number of aromatic nitrogens is 4. The summed E-state index contributed by atoms with van der Waals surface area (Å²) in [7, 11) is 0. The Morgan fingerprint density at radius 1 is 0.778 bits per heavy atom. The third-order valence-corrected chi connectivity index (χ3v) is 11.8. The van der Waals surface area contributed by atoms with Gasteiger partial charge in [-0.15, -0.1) is 0 Å². The molecule has 0 spiro atoms. The van der Waals surface area contributed by atoms with Crippen molar-refractivity contribution in [2.45, 2.75) is 87.9 Å². The van der Waals surface area contributed by atoms with E-state index in [1.165, 1.54) is 9.80 Å². The topological polar surface area (TPSA) is 261 Å². The van der Waals surface area contributed by atoms with Crippen LogP contribution in [-0.4, -0.2) is 103 Å². The summed E-state index contributed by atoms with van der Waals surface area (Å²) in [4.78, 5) is 45.1. The van der Waals surface area contributed by atoms with Crippen LogP contribution >= 0.6 is 11.6 Å². The molecular weight excluding hydrogens is 828 g/mol. The second kappa shape index (κ2) is 21.4. The molecule has 0 saturated carbocycles. The quantitative estimate of drug-likeness (QED) is 0.0982. The number of urea groups is 1. The number of carbonyl (C=O) groups is 2. The van der Waals surface area contributed by atoms with Gasteiger partial charge in [0.05, 0.1) is 61.9 Å². The summed E-state index contributed by atoms with van der Waals surface area (Å²) >= 11 is 5.59. The Labute approximate surface area is 371 Å². The van der Waals surface area contributed by atoms with Crippen molar-refractivity contribution in [2.24, 2.45) is 5.73 Å². The number of aliphatic hydroxyl groups is 2. The number of nitrogens with two attached hydrogens (primary N) is 1.